The minimum Gasteiger partial charge on any atom is -0.489 e. The molecule has 2 amide bonds. The van der Waals surface area contributed by atoms with Gasteiger partial charge in [0.1, 0.15) is 12.4 Å². The first-order valence-corrected chi connectivity index (χ1v) is 10.8. The van der Waals surface area contributed by atoms with Gasteiger partial charge in [-0.25, -0.2) is 4.79 Å². The molecule has 1 fully saturated rings. The molecule has 7 nitrogen and oxygen atoms in total. The lowest BCUT2D eigenvalue weighted by Gasteiger charge is -2.36. The second kappa shape index (κ2) is 11.5. The lowest BCUT2D eigenvalue weighted by Crippen LogP contribution is -2.48. The number of nitrogens with zero attached hydrogens (tertiary/aromatic N) is 2. The Hall–Kier alpha value is -2.93. The maximum atomic E-state index is 12.4. The zero-order valence-corrected chi connectivity index (χ0v) is 18.4. The summed E-state index contributed by atoms with van der Waals surface area (Å²) < 4.78 is 10.4. The van der Waals surface area contributed by atoms with Crippen LogP contribution >= 0.6 is 11.6 Å². The molecule has 1 saturated heterocycles. The van der Waals surface area contributed by atoms with E-state index in [9.17, 15) is 9.59 Å². The third kappa shape index (κ3) is 6.79. The van der Waals surface area contributed by atoms with Gasteiger partial charge in [-0.3, -0.25) is 4.79 Å². The lowest BCUT2D eigenvalue weighted by molar-refractivity contribution is -0.131. The Kier molecular flexibility index (Phi) is 8.41. The van der Waals surface area contributed by atoms with Crippen molar-refractivity contribution in [2.24, 2.45) is 0 Å². The fourth-order valence-electron chi connectivity index (χ4n) is 3.42. The molecule has 0 aromatic heterocycles. The van der Waals surface area contributed by atoms with Crippen molar-refractivity contribution < 1.29 is 19.1 Å². The number of nitrogens with one attached hydrogen (secondary N) is 1. The highest BCUT2D eigenvalue weighted by atomic mass is 35.5. The molecule has 2 aromatic rings. The number of rotatable bonds is 8. The molecular formula is C23H28ClN3O4. The van der Waals surface area contributed by atoms with Crippen LogP contribution in [0.25, 0.3) is 0 Å². The van der Waals surface area contributed by atoms with Gasteiger partial charge in [0.15, 0.2) is 0 Å². The van der Waals surface area contributed by atoms with Crippen LogP contribution < -0.4 is 15.0 Å². The molecule has 2 aromatic carbocycles. The average Bonchev–Trinajstić information content (AvgIpc) is 2.81. The van der Waals surface area contributed by atoms with E-state index in [4.69, 9.17) is 16.3 Å². The summed E-state index contributed by atoms with van der Waals surface area (Å²) in [5, 5.41) is 3.28. The summed E-state index contributed by atoms with van der Waals surface area (Å²) in [4.78, 5) is 27.6. The van der Waals surface area contributed by atoms with Crippen molar-refractivity contribution in [3.8, 4) is 5.75 Å². The maximum absolute atomic E-state index is 12.4. The van der Waals surface area contributed by atoms with Gasteiger partial charge < -0.3 is 24.6 Å². The van der Waals surface area contributed by atoms with Crippen LogP contribution in [0.4, 0.5) is 10.5 Å². The number of carbonyl (C=O) groups excluding carboxylic acids is 2. The van der Waals surface area contributed by atoms with E-state index in [0.29, 0.717) is 44.1 Å². The molecule has 0 bridgehead atoms. The van der Waals surface area contributed by atoms with E-state index in [0.717, 1.165) is 30.1 Å². The summed E-state index contributed by atoms with van der Waals surface area (Å²) in [6.07, 6.45) is 0.535. The Morgan fingerprint density at radius 2 is 1.84 bits per heavy atom. The van der Waals surface area contributed by atoms with Gasteiger partial charge in [-0.2, -0.15) is 0 Å². The van der Waals surface area contributed by atoms with Crippen LogP contribution in [0.1, 0.15) is 18.4 Å². The number of anilines is 1. The second-order valence-electron chi connectivity index (χ2n) is 7.27. The number of methoxy groups -OCH3 is 1. The number of hydrogen-bond acceptors (Lipinski definition) is 5. The molecule has 0 saturated carbocycles. The quantitative estimate of drug-likeness (QED) is 0.627. The van der Waals surface area contributed by atoms with Gasteiger partial charge in [0.25, 0.3) is 0 Å². The average molecular weight is 446 g/mol. The lowest BCUT2D eigenvalue weighted by atomic mass is 10.2. The Morgan fingerprint density at radius 3 is 2.58 bits per heavy atom. The Bertz CT molecular complexity index is 885. The molecule has 1 aliphatic rings. The van der Waals surface area contributed by atoms with Crippen LogP contribution in [-0.4, -0.2) is 56.7 Å². The van der Waals surface area contributed by atoms with Gasteiger partial charge in [0, 0.05) is 61.5 Å². The van der Waals surface area contributed by atoms with Crippen LogP contribution in [0, 0.1) is 0 Å². The number of piperazine rings is 1. The van der Waals surface area contributed by atoms with Gasteiger partial charge in [-0.05, 0) is 24.6 Å². The van der Waals surface area contributed by atoms with Crippen molar-refractivity contribution >= 4 is 29.3 Å². The third-order valence-electron chi connectivity index (χ3n) is 5.19. The van der Waals surface area contributed by atoms with Gasteiger partial charge in [-0.1, -0.05) is 35.9 Å². The normalized spacial score (nSPS) is 13.6. The fourth-order valence-corrected chi connectivity index (χ4v) is 3.61. The summed E-state index contributed by atoms with van der Waals surface area (Å²) >= 11 is 6.20. The van der Waals surface area contributed by atoms with E-state index in [-0.39, 0.29) is 5.91 Å². The van der Waals surface area contributed by atoms with Crippen molar-refractivity contribution in [3.63, 3.8) is 0 Å². The van der Waals surface area contributed by atoms with E-state index < -0.39 is 6.09 Å². The number of ether oxygens (including phenoxy) is 2. The Morgan fingerprint density at radius 1 is 1.06 bits per heavy atom. The van der Waals surface area contributed by atoms with E-state index in [1.54, 1.807) is 0 Å². The maximum Gasteiger partial charge on any atom is 0.406 e. The van der Waals surface area contributed by atoms with Crippen molar-refractivity contribution in [3.05, 3.63) is 59.1 Å². The van der Waals surface area contributed by atoms with Crippen molar-refractivity contribution in [1.82, 2.24) is 10.2 Å². The first kappa shape index (κ1) is 22.7. The van der Waals surface area contributed by atoms with Crippen LogP contribution in [0.15, 0.2) is 48.5 Å². The number of carbonyl (C=O) groups is 2. The van der Waals surface area contributed by atoms with E-state index in [1.165, 1.54) is 7.11 Å². The first-order chi connectivity index (χ1) is 15.1. The fraction of sp³-hybridized carbons (Fsp3) is 0.391. The van der Waals surface area contributed by atoms with Gasteiger partial charge in [0.05, 0.1) is 7.11 Å². The molecule has 8 heteroatoms. The first-order valence-electron chi connectivity index (χ1n) is 10.4. The molecule has 1 heterocycles. The van der Waals surface area contributed by atoms with E-state index in [1.807, 2.05) is 47.4 Å². The van der Waals surface area contributed by atoms with Crippen LogP contribution in [-0.2, 0) is 16.1 Å². The van der Waals surface area contributed by atoms with Crippen molar-refractivity contribution in [2.75, 3.05) is 44.7 Å². The molecule has 0 radical (unpaired) electrons. The second-order valence-corrected chi connectivity index (χ2v) is 7.67. The standard InChI is InChI=1S/C23H28ClN3O4/c1-30-23(29)25-11-5-10-22(28)27-14-12-26(13-15-27)19-7-4-8-20(16-19)31-17-18-6-2-3-9-21(18)24/h2-4,6-9,16H,5,10-15,17H2,1H3,(H,25,29). The van der Waals surface area contributed by atoms with Gasteiger partial charge in [0.2, 0.25) is 5.91 Å². The Labute approximate surface area is 187 Å². The highest BCUT2D eigenvalue weighted by molar-refractivity contribution is 6.31. The summed E-state index contributed by atoms with van der Waals surface area (Å²) in [6, 6.07) is 15.6. The van der Waals surface area contributed by atoms with Gasteiger partial charge >= 0.3 is 6.09 Å². The van der Waals surface area contributed by atoms with Crippen LogP contribution in [0.3, 0.4) is 0 Å². The number of hydrogen-bond donors (Lipinski definition) is 1. The topological polar surface area (TPSA) is 71.1 Å². The van der Waals surface area contributed by atoms with Crippen LogP contribution in [0.2, 0.25) is 5.02 Å². The molecule has 0 atom stereocenters. The Balaban J connectivity index is 1.45. The number of amides is 2. The van der Waals surface area contributed by atoms with E-state index in [2.05, 4.69) is 21.0 Å². The third-order valence-corrected chi connectivity index (χ3v) is 5.56. The molecule has 0 unspecified atom stereocenters. The number of alkyl carbamates (subject to hydrolysis) is 1. The zero-order valence-electron chi connectivity index (χ0n) is 17.7. The van der Waals surface area contributed by atoms with Gasteiger partial charge in [-0.15, -0.1) is 0 Å². The number of benzene rings is 2. The summed E-state index contributed by atoms with van der Waals surface area (Å²) in [7, 11) is 1.32. The predicted octanol–water partition coefficient (Wildman–Crippen LogP) is 3.70. The molecular weight excluding hydrogens is 418 g/mol. The highest BCUT2D eigenvalue weighted by Gasteiger charge is 2.21. The summed E-state index contributed by atoms with van der Waals surface area (Å²) in [5.41, 5.74) is 2.02. The molecule has 0 aliphatic carbocycles. The smallest absolute Gasteiger partial charge is 0.406 e. The number of halogens is 1. The molecule has 1 N–H and O–H groups in total. The minimum atomic E-state index is -0.473. The van der Waals surface area contributed by atoms with Crippen molar-refractivity contribution in [2.45, 2.75) is 19.4 Å². The molecule has 1 aliphatic heterocycles. The molecule has 0 spiro atoms. The molecule has 166 valence electrons. The minimum absolute atomic E-state index is 0.114. The molecule has 3 rings (SSSR count). The zero-order chi connectivity index (χ0) is 22.1. The SMILES string of the molecule is COC(=O)NCCCC(=O)N1CCN(c2cccc(OCc3ccccc3Cl)c2)CC1. The summed E-state index contributed by atoms with van der Waals surface area (Å²) in [6.45, 7) is 3.72. The molecule has 31 heavy (non-hydrogen) atoms. The van der Waals surface area contributed by atoms with Crippen molar-refractivity contribution in [1.29, 1.82) is 0 Å². The van der Waals surface area contributed by atoms with E-state index >= 15 is 0 Å². The highest BCUT2D eigenvalue weighted by Crippen LogP contribution is 2.24. The monoisotopic (exact) mass is 445 g/mol. The van der Waals surface area contributed by atoms with Crippen LogP contribution in [0.5, 0.6) is 5.75 Å². The largest absolute Gasteiger partial charge is 0.489 e. The summed E-state index contributed by atoms with van der Waals surface area (Å²) in [5.74, 6) is 0.900. The predicted molar refractivity (Wildman–Crippen MR) is 121 cm³/mol.